The number of aromatic nitrogens is 1. The summed E-state index contributed by atoms with van der Waals surface area (Å²) in [5.41, 5.74) is -0.398. The van der Waals surface area contributed by atoms with E-state index in [1.54, 1.807) is 24.3 Å². The first-order valence-corrected chi connectivity index (χ1v) is 11.7. The standard InChI is InChI=1S/C20H19ClN4O5S/c1-22-16-11-15(18(26)23-12-13-3-5-14(21)6-4-13)19(27)25-8-7-24(20(28)17(16)25)9-10-31(2,29)30/h3-6,11H,7-10,12H2,2H3,(H,23,26). The van der Waals surface area contributed by atoms with Crippen LogP contribution >= 0.6 is 11.6 Å². The number of amides is 2. The summed E-state index contributed by atoms with van der Waals surface area (Å²) in [6.07, 6.45) is 1.07. The van der Waals surface area contributed by atoms with Gasteiger partial charge in [-0.15, -0.1) is 0 Å². The summed E-state index contributed by atoms with van der Waals surface area (Å²) in [4.78, 5) is 42.9. The van der Waals surface area contributed by atoms with Crippen LogP contribution in [0.4, 0.5) is 5.69 Å². The van der Waals surface area contributed by atoms with Crippen LogP contribution in [0.3, 0.4) is 0 Å². The van der Waals surface area contributed by atoms with E-state index < -0.39 is 27.2 Å². The molecule has 11 heteroatoms. The number of fused-ring (bicyclic) bond motifs is 1. The molecule has 0 saturated carbocycles. The molecule has 0 radical (unpaired) electrons. The fourth-order valence-electron chi connectivity index (χ4n) is 3.18. The van der Waals surface area contributed by atoms with Gasteiger partial charge in [-0.05, 0) is 23.8 Å². The molecule has 2 aromatic rings. The fraction of sp³-hybridized carbons (Fsp3) is 0.300. The second-order valence-electron chi connectivity index (χ2n) is 7.09. The van der Waals surface area contributed by atoms with Gasteiger partial charge < -0.3 is 14.8 Å². The zero-order valence-corrected chi connectivity index (χ0v) is 18.2. The maximum Gasteiger partial charge on any atom is 0.261 e. The van der Waals surface area contributed by atoms with Crippen LogP contribution in [0.2, 0.25) is 5.02 Å². The van der Waals surface area contributed by atoms with Crippen LogP contribution in [-0.2, 0) is 22.9 Å². The van der Waals surface area contributed by atoms with Gasteiger partial charge in [-0.1, -0.05) is 23.7 Å². The Morgan fingerprint density at radius 2 is 1.90 bits per heavy atom. The molecule has 0 fully saturated rings. The molecule has 0 spiro atoms. The van der Waals surface area contributed by atoms with Gasteiger partial charge in [-0.25, -0.2) is 13.3 Å². The van der Waals surface area contributed by atoms with Crippen molar-refractivity contribution in [3.05, 3.63) is 73.9 Å². The van der Waals surface area contributed by atoms with E-state index in [1.165, 1.54) is 4.90 Å². The SMILES string of the molecule is [C-]#[N+]c1cc(C(=O)NCc2ccc(Cl)cc2)c(=O)n2c1C(=O)N(CCS(C)(=O)=O)CC2. The summed E-state index contributed by atoms with van der Waals surface area (Å²) in [7, 11) is -3.28. The lowest BCUT2D eigenvalue weighted by molar-refractivity contribution is 0.0712. The normalized spacial score (nSPS) is 13.5. The minimum atomic E-state index is -3.28. The summed E-state index contributed by atoms with van der Waals surface area (Å²) in [5.74, 6) is -1.49. The third-order valence-electron chi connectivity index (χ3n) is 4.82. The third kappa shape index (κ3) is 5.13. The molecule has 1 N–H and O–H groups in total. The Kier molecular flexibility index (Phi) is 6.48. The third-order valence-corrected chi connectivity index (χ3v) is 5.99. The number of rotatable bonds is 6. The van der Waals surface area contributed by atoms with Crippen LogP contribution in [0.25, 0.3) is 4.85 Å². The van der Waals surface area contributed by atoms with Gasteiger partial charge in [0.05, 0.1) is 17.9 Å². The highest BCUT2D eigenvalue weighted by Crippen LogP contribution is 2.24. The summed E-state index contributed by atoms with van der Waals surface area (Å²) < 4.78 is 23.9. The Morgan fingerprint density at radius 3 is 2.52 bits per heavy atom. The van der Waals surface area contributed by atoms with E-state index in [9.17, 15) is 22.8 Å². The number of nitrogens with zero attached hydrogens (tertiary/aromatic N) is 3. The highest BCUT2D eigenvalue weighted by atomic mass is 35.5. The van der Waals surface area contributed by atoms with Gasteiger partial charge in [0.1, 0.15) is 15.5 Å². The van der Waals surface area contributed by atoms with Crippen molar-refractivity contribution >= 4 is 38.9 Å². The molecule has 0 aliphatic carbocycles. The zero-order chi connectivity index (χ0) is 22.8. The van der Waals surface area contributed by atoms with Gasteiger partial charge in [0.15, 0.2) is 0 Å². The van der Waals surface area contributed by atoms with Gasteiger partial charge in [0, 0.05) is 37.5 Å². The Hall–Kier alpha value is -3.16. The van der Waals surface area contributed by atoms with Gasteiger partial charge in [-0.2, -0.15) is 0 Å². The van der Waals surface area contributed by atoms with Gasteiger partial charge in [0.2, 0.25) is 5.69 Å². The van der Waals surface area contributed by atoms with Crippen molar-refractivity contribution in [2.75, 3.05) is 25.1 Å². The second kappa shape index (κ2) is 8.91. The first kappa shape index (κ1) is 22.5. The Morgan fingerprint density at radius 1 is 1.23 bits per heavy atom. The number of hydrogen-bond acceptors (Lipinski definition) is 5. The van der Waals surface area contributed by atoms with Crippen molar-refractivity contribution in [2.24, 2.45) is 0 Å². The quantitative estimate of drug-likeness (QED) is 0.654. The average Bonchev–Trinajstić information content (AvgIpc) is 2.72. The zero-order valence-electron chi connectivity index (χ0n) is 16.6. The van der Waals surface area contributed by atoms with Crippen molar-refractivity contribution in [2.45, 2.75) is 13.1 Å². The largest absolute Gasteiger partial charge is 0.348 e. The molecule has 1 aliphatic rings. The van der Waals surface area contributed by atoms with E-state index in [0.717, 1.165) is 22.5 Å². The first-order chi connectivity index (χ1) is 14.6. The predicted octanol–water partition coefficient (Wildman–Crippen LogP) is 1.48. The maximum absolute atomic E-state index is 12.9. The summed E-state index contributed by atoms with van der Waals surface area (Å²) in [5, 5.41) is 3.19. The van der Waals surface area contributed by atoms with E-state index in [2.05, 4.69) is 10.2 Å². The number of carbonyl (C=O) groups excluding carboxylic acids is 2. The molecular weight excluding hydrogens is 444 g/mol. The highest BCUT2D eigenvalue weighted by Gasteiger charge is 2.30. The molecule has 162 valence electrons. The molecule has 0 unspecified atom stereocenters. The van der Waals surface area contributed by atoms with E-state index in [0.29, 0.717) is 5.02 Å². The average molecular weight is 463 g/mol. The Bertz CT molecular complexity index is 1250. The van der Waals surface area contributed by atoms with Crippen LogP contribution in [0.15, 0.2) is 35.1 Å². The van der Waals surface area contributed by atoms with E-state index >= 15 is 0 Å². The summed E-state index contributed by atoms with van der Waals surface area (Å²) in [6, 6.07) is 7.92. The summed E-state index contributed by atoms with van der Waals surface area (Å²) >= 11 is 5.84. The lowest BCUT2D eigenvalue weighted by Gasteiger charge is -2.30. The summed E-state index contributed by atoms with van der Waals surface area (Å²) in [6.45, 7) is 7.69. The molecule has 1 aromatic heterocycles. The monoisotopic (exact) mass is 462 g/mol. The molecule has 3 rings (SSSR count). The van der Waals surface area contributed by atoms with Crippen molar-refractivity contribution < 1.29 is 18.0 Å². The number of pyridine rings is 1. The van der Waals surface area contributed by atoms with E-state index in [4.69, 9.17) is 18.2 Å². The van der Waals surface area contributed by atoms with Gasteiger partial charge in [-0.3, -0.25) is 14.4 Å². The molecule has 0 bridgehead atoms. The number of halogens is 1. The van der Waals surface area contributed by atoms with Crippen LogP contribution in [0.1, 0.15) is 26.4 Å². The van der Waals surface area contributed by atoms with Crippen molar-refractivity contribution in [3.63, 3.8) is 0 Å². The molecule has 0 saturated heterocycles. The van der Waals surface area contributed by atoms with Gasteiger partial charge in [0.25, 0.3) is 17.4 Å². The molecule has 9 nitrogen and oxygen atoms in total. The van der Waals surface area contributed by atoms with Crippen LogP contribution in [0.5, 0.6) is 0 Å². The molecular formula is C20H19ClN4O5S. The fourth-order valence-corrected chi connectivity index (χ4v) is 3.86. The van der Waals surface area contributed by atoms with Crippen LogP contribution in [-0.4, -0.2) is 54.8 Å². The topological polar surface area (TPSA) is 110 Å². The Labute approximate surface area is 184 Å². The minimum Gasteiger partial charge on any atom is -0.348 e. The predicted molar refractivity (Wildman–Crippen MR) is 115 cm³/mol. The number of nitrogens with one attached hydrogen (secondary N) is 1. The molecule has 2 heterocycles. The molecule has 0 atom stereocenters. The number of sulfone groups is 1. The van der Waals surface area contributed by atoms with E-state index in [-0.39, 0.29) is 48.9 Å². The lowest BCUT2D eigenvalue weighted by Crippen LogP contribution is -2.47. The van der Waals surface area contributed by atoms with Crippen molar-refractivity contribution in [1.82, 2.24) is 14.8 Å². The smallest absolute Gasteiger partial charge is 0.261 e. The second-order valence-corrected chi connectivity index (χ2v) is 9.79. The molecule has 1 aromatic carbocycles. The number of hydrogen-bond donors (Lipinski definition) is 1. The van der Waals surface area contributed by atoms with Crippen LogP contribution < -0.4 is 10.9 Å². The van der Waals surface area contributed by atoms with Crippen molar-refractivity contribution in [1.29, 1.82) is 0 Å². The maximum atomic E-state index is 12.9. The minimum absolute atomic E-state index is 0.0351. The first-order valence-electron chi connectivity index (χ1n) is 9.25. The molecule has 1 aliphatic heterocycles. The Balaban J connectivity index is 1.87. The molecule has 2 amide bonds. The number of benzene rings is 1. The number of carbonyl (C=O) groups is 2. The lowest BCUT2D eigenvalue weighted by atomic mass is 10.1. The molecule has 31 heavy (non-hydrogen) atoms. The van der Waals surface area contributed by atoms with Gasteiger partial charge >= 0.3 is 0 Å². The van der Waals surface area contributed by atoms with Crippen molar-refractivity contribution in [3.8, 4) is 0 Å². The highest BCUT2D eigenvalue weighted by molar-refractivity contribution is 7.90. The van der Waals surface area contributed by atoms with Crippen LogP contribution in [0, 0.1) is 6.57 Å². The van der Waals surface area contributed by atoms with E-state index in [1.807, 2.05) is 0 Å².